The maximum atomic E-state index is 5.19. The highest BCUT2D eigenvalue weighted by Gasteiger charge is 2.11. The molecule has 7 aromatic rings. The summed E-state index contributed by atoms with van der Waals surface area (Å²) in [6.07, 6.45) is 3.67. The number of pyridine rings is 2. The topological polar surface area (TPSA) is 25.8 Å². The van der Waals surface area contributed by atoms with Crippen LogP contribution in [0.15, 0.2) is 146 Å². The smallest absolute Gasteiger partial charge is 0.0715 e. The molecule has 0 fully saturated rings. The predicted octanol–water partition coefficient (Wildman–Crippen LogP) is 9.45. The van der Waals surface area contributed by atoms with Gasteiger partial charge in [-0.2, -0.15) is 0 Å². The lowest BCUT2D eigenvalue weighted by Crippen LogP contribution is -1.92. The predicted molar refractivity (Wildman–Crippen MR) is 159 cm³/mol. The monoisotopic (exact) mass is 484 g/mol. The van der Waals surface area contributed by atoms with Gasteiger partial charge in [0.05, 0.1) is 11.4 Å². The van der Waals surface area contributed by atoms with Gasteiger partial charge < -0.3 is 0 Å². The molecule has 0 aliphatic carbocycles. The Kier molecular flexibility index (Phi) is 5.49. The Balaban J connectivity index is 1.42. The van der Waals surface area contributed by atoms with Gasteiger partial charge >= 0.3 is 0 Å². The van der Waals surface area contributed by atoms with Crippen LogP contribution in [0.3, 0.4) is 0 Å². The lowest BCUT2D eigenvalue weighted by molar-refractivity contribution is 1.32. The van der Waals surface area contributed by atoms with Gasteiger partial charge in [-0.05, 0) is 86.3 Å². The Morgan fingerprint density at radius 2 is 0.842 bits per heavy atom. The van der Waals surface area contributed by atoms with Crippen molar-refractivity contribution in [1.82, 2.24) is 9.97 Å². The Morgan fingerprint density at radius 3 is 1.42 bits per heavy atom. The summed E-state index contributed by atoms with van der Waals surface area (Å²) in [5.41, 5.74) is 8.77. The summed E-state index contributed by atoms with van der Waals surface area (Å²) in [5.74, 6) is 0. The van der Waals surface area contributed by atoms with Crippen molar-refractivity contribution in [2.24, 2.45) is 0 Å². The minimum Gasteiger partial charge on any atom is -0.265 e. The van der Waals surface area contributed by atoms with Crippen LogP contribution in [0.2, 0.25) is 0 Å². The van der Waals surface area contributed by atoms with Crippen molar-refractivity contribution in [2.45, 2.75) is 0 Å². The van der Waals surface area contributed by atoms with Gasteiger partial charge in [0.2, 0.25) is 0 Å². The van der Waals surface area contributed by atoms with Gasteiger partial charge in [0, 0.05) is 23.5 Å². The third kappa shape index (κ3) is 4.23. The van der Waals surface area contributed by atoms with E-state index in [1.54, 1.807) is 0 Å². The summed E-state index contributed by atoms with van der Waals surface area (Å²) in [5, 5.41) is 4.88. The van der Waals surface area contributed by atoms with Gasteiger partial charge in [-0.1, -0.05) is 91.0 Å². The Labute approximate surface area is 221 Å². The summed E-state index contributed by atoms with van der Waals surface area (Å²) < 4.78 is 0. The summed E-state index contributed by atoms with van der Waals surface area (Å²) >= 11 is 0. The Hall–Kier alpha value is -5.08. The van der Waals surface area contributed by atoms with E-state index in [2.05, 4.69) is 126 Å². The molecule has 38 heavy (non-hydrogen) atoms. The molecule has 0 saturated heterocycles. The molecule has 7 rings (SSSR count). The molecule has 2 nitrogen and oxygen atoms in total. The van der Waals surface area contributed by atoms with Crippen molar-refractivity contribution in [2.75, 3.05) is 0 Å². The normalized spacial score (nSPS) is 11.2. The largest absolute Gasteiger partial charge is 0.265 e. The van der Waals surface area contributed by atoms with E-state index in [9.17, 15) is 0 Å². The fraction of sp³-hybridized carbons (Fsp3) is 0. The van der Waals surface area contributed by atoms with Crippen molar-refractivity contribution < 1.29 is 0 Å². The van der Waals surface area contributed by atoms with Crippen LogP contribution < -0.4 is 0 Å². The van der Waals surface area contributed by atoms with Crippen LogP contribution >= 0.6 is 0 Å². The summed E-state index contributed by atoms with van der Waals surface area (Å²) in [6.45, 7) is 0. The van der Waals surface area contributed by atoms with Crippen molar-refractivity contribution in [3.63, 3.8) is 0 Å². The zero-order valence-electron chi connectivity index (χ0n) is 20.8. The second kappa shape index (κ2) is 9.42. The lowest BCUT2D eigenvalue weighted by atomic mass is 9.96. The first-order valence-corrected chi connectivity index (χ1v) is 12.8. The van der Waals surface area contributed by atoms with Crippen LogP contribution in [0.1, 0.15) is 0 Å². The van der Waals surface area contributed by atoms with E-state index in [0.717, 1.165) is 39.2 Å². The fourth-order valence-corrected chi connectivity index (χ4v) is 5.11. The molecule has 0 saturated carbocycles. The van der Waals surface area contributed by atoms with Gasteiger partial charge in [-0.25, -0.2) is 4.98 Å². The molecule has 0 atom stereocenters. The molecule has 0 aliphatic heterocycles. The molecule has 0 amide bonds. The molecule has 2 heterocycles. The Bertz CT molecular complexity index is 1820. The maximum absolute atomic E-state index is 5.19. The van der Waals surface area contributed by atoms with E-state index < -0.39 is 0 Å². The highest BCUT2D eigenvalue weighted by Crippen LogP contribution is 2.34. The third-order valence-corrected chi connectivity index (χ3v) is 7.13. The van der Waals surface area contributed by atoms with Gasteiger partial charge in [-0.15, -0.1) is 0 Å². The minimum absolute atomic E-state index is 0.964. The van der Waals surface area contributed by atoms with Crippen LogP contribution in [-0.2, 0) is 0 Å². The molecule has 0 N–H and O–H groups in total. The van der Waals surface area contributed by atoms with Crippen molar-refractivity contribution in [1.29, 1.82) is 0 Å². The molecule has 0 bridgehead atoms. The van der Waals surface area contributed by atoms with E-state index in [1.165, 1.54) is 27.1 Å². The van der Waals surface area contributed by atoms with Crippen LogP contribution in [0, 0.1) is 0 Å². The second-order valence-corrected chi connectivity index (χ2v) is 9.57. The summed E-state index contributed by atoms with van der Waals surface area (Å²) in [6, 6.07) is 47.3. The van der Waals surface area contributed by atoms with Crippen molar-refractivity contribution in [3.05, 3.63) is 146 Å². The zero-order chi connectivity index (χ0) is 25.3. The Morgan fingerprint density at radius 1 is 0.316 bits per heavy atom. The number of hydrogen-bond donors (Lipinski definition) is 0. The number of aromatic nitrogens is 2. The fourth-order valence-electron chi connectivity index (χ4n) is 5.11. The zero-order valence-corrected chi connectivity index (χ0v) is 20.8. The highest BCUT2D eigenvalue weighted by atomic mass is 14.7. The number of nitrogens with zero attached hydrogens (tertiary/aromatic N) is 2. The molecule has 2 aromatic heterocycles. The van der Waals surface area contributed by atoms with Gasteiger partial charge in [-0.3, -0.25) is 4.98 Å². The average Bonchev–Trinajstić information content (AvgIpc) is 3.01. The van der Waals surface area contributed by atoms with Gasteiger partial charge in [0.25, 0.3) is 0 Å². The average molecular weight is 485 g/mol. The standard InChI is InChI=1S/C36H24N2/c1-3-8-28-21-32(14-12-25(28)6-1)35-23-34(31-11-5-10-30(20-31)27-16-18-37-19-17-27)24-36(38-35)33-15-13-26-7-2-4-9-29(26)22-33/h1-24H. The maximum Gasteiger partial charge on any atom is 0.0715 e. The molecule has 178 valence electrons. The molecule has 0 unspecified atom stereocenters. The van der Waals surface area contributed by atoms with Crippen LogP contribution in [0.25, 0.3) is 66.3 Å². The quantitative estimate of drug-likeness (QED) is 0.249. The first kappa shape index (κ1) is 22.1. The molecule has 0 aliphatic rings. The third-order valence-electron chi connectivity index (χ3n) is 7.13. The summed E-state index contributed by atoms with van der Waals surface area (Å²) in [7, 11) is 0. The minimum atomic E-state index is 0.964. The van der Waals surface area contributed by atoms with E-state index >= 15 is 0 Å². The molecule has 0 spiro atoms. The highest BCUT2D eigenvalue weighted by molar-refractivity contribution is 5.90. The summed E-state index contributed by atoms with van der Waals surface area (Å²) in [4.78, 5) is 9.36. The lowest BCUT2D eigenvalue weighted by Gasteiger charge is -2.12. The second-order valence-electron chi connectivity index (χ2n) is 9.57. The molecular weight excluding hydrogens is 460 g/mol. The number of hydrogen-bond acceptors (Lipinski definition) is 2. The van der Waals surface area contributed by atoms with Crippen LogP contribution in [-0.4, -0.2) is 9.97 Å². The van der Waals surface area contributed by atoms with E-state index in [-0.39, 0.29) is 0 Å². The first-order valence-electron chi connectivity index (χ1n) is 12.8. The van der Waals surface area contributed by atoms with Gasteiger partial charge in [0.1, 0.15) is 0 Å². The molecule has 5 aromatic carbocycles. The van der Waals surface area contributed by atoms with E-state index in [1.807, 2.05) is 24.5 Å². The number of rotatable bonds is 4. The van der Waals surface area contributed by atoms with Gasteiger partial charge in [0.15, 0.2) is 0 Å². The number of benzene rings is 5. The van der Waals surface area contributed by atoms with Crippen LogP contribution in [0.5, 0.6) is 0 Å². The number of fused-ring (bicyclic) bond motifs is 2. The van der Waals surface area contributed by atoms with Crippen molar-refractivity contribution in [3.8, 4) is 44.8 Å². The van der Waals surface area contributed by atoms with Crippen molar-refractivity contribution >= 4 is 21.5 Å². The van der Waals surface area contributed by atoms with Crippen LogP contribution in [0.4, 0.5) is 0 Å². The van der Waals surface area contributed by atoms with E-state index in [0.29, 0.717) is 0 Å². The molecule has 0 radical (unpaired) electrons. The SMILES string of the molecule is c1cc(-c2ccncc2)cc(-c2cc(-c3ccc4ccccc4c3)nc(-c3ccc4ccccc4c3)c2)c1. The first-order chi connectivity index (χ1) is 18.8. The van der Waals surface area contributed by atoms with E-state index in [4.69, 9.17) is 4.98 Å². The molecule has 2 heteroatoms. The molecular formula is C36H24N2.